The van der Waals surface area contributed by atoms with Gasteiger partial charge in [0.1, 0.15) is 0 Å². The lowest BCUT2D eigenvalue weighted by atomic mass is 10.1. The van der Waals surface area contributed by atoms with Gasteiger partial charge in [-0.05, 0) is 23.8 Å². The Hall–Kier alpha value is -1.57. The molecule has 1 aliphatic rings. The van der Waals surface area contributed by atoms with Crippen LogP contribution < -0.4 is 0 Å². The monoisotopic (exact) mass is 402 g/mol. The van der Waals surface area contributed by atoms with E-state index in [0.29, 0.717) is 18.7 Å². The minimum Gasteiger partial charge on any atom is -0.340 e. The van der Waals surface area contributed by atoms with Crippen LogP contribution in [0.15, 0.2) is 36.4 Å². The van der Waals surface area contributed by atoms with Gasteiger partial charge >= 0.3 is 6.18 Å². The summed E-state index contributed by atoms with van der Waals surface area (Å²) in [6, 6.07) is 8.84. The van der Waals surface area contributed by atoms with Gasteiger partial charge in [0.05, 0.1) is 16.3 Å². The Balaban J connectivity index is 1.52. The first-order valence-electron chi connectivity index (χ1n) is 8.22. The Kier molecular flexibility index (Phi) is 5.89. The summed E-state index contributed by atoms with van der Waals surface area (Å²) in [5, 5.41) is 0. The maximum absolute atomic E-state index is 12.8. The molecule has 26 heavy (non-hydrogen) atoms. The predicted octanol–water partition coefficient (Wildman–Crippen LogP) is 4.31. The molecule has 0 bridgehead atoms. The van der Waals surface area contributed by atoms with Crippen molar-refractivity contribution in [3.63, 3.8) is 0 Å². The van der Waals surface area contributed by atoms with E-state index in [4.69, 9.17) is 11.6 Å². The van der Waals surface area contributed by atoms with Gasteiger partial charge in [0, 0.05) is 37.6 Å². The Labute approximate surface area is 159 Å². The number of thiophene rings is 1. The van der Waals surface area contributed by atoms with Crippen molar-refractivity contribution in [3.05, 3.63) is 56.7 Å². The summed E-state index contributed by atoms with van der Waals surface area (Å²) >= 11 is 7.48. The maximum Gasteiger partial charge on any atom is 0.416 e. The molecule has 0 spiro atoms. The third-order valence-electron chi connectivity index (χ3n) is 4.34. The molecule has 0 unspecified atom stereocenters. The summed E-state index contributed by atoms with van der Waals surface area (Å²) in [6.45, 7) is 3.44. The first kappa shape index (κ1) is 19.2. The van der Waals surface area contributed by atoms with Crippen molar-refractivity contribution in [1.82, 2.24) is 9.80 Å². The zero-order chi connectivity index (χ0) is 18.7. The highest BCUT2D eigenvalue weighted by molar-refractivity contribution is 7.16. The van der Waals surface area contributed by atoms with E-state index in [-0.39, 0.29) is 12.3 Å². The molecule has 2 heterocycles. The highest BCUT2D eigenvalue weighted by Gasteiger charge is 2.30. The first-order valence-corrected chi connectivity index (χ1v) is 9.41. The Morgan fingerprint density at radius 2 is 1.85 bits per heavy atom. The molecule has 1 aliphatic heterocycles. The minimum absolute atomic E-state index is 0.00947. The molecule has 0 N–H and O–H groups in total. The molecule has 0 aliphatic carbocycles. The largest absolute Gasteiger partial charge is 0.416 e. The summed E-state index contributed by atoms with van der Waals surface area (Å²) in [4.78, 5) is 17.6. The molecule has 2 aromatic rings. The van der Waals surface area contributed by atoms with Gasteiger partial charge in [-0.2, -0.15) is 13.2 Å². The van der Waals surface area contributed by atoms with Crippen LogP contribution in [0.1, 0.15) is 16.0 Å². The fourth-order valence-corrected chi connectivity index (χ4v) is 4.09. The number of nitrogens with zero attached hydrogens (tertiary/aromatic N) is 2. The fraction of sp³-hybridized carbons (Fsp3) is 0.389. The highest BCUT2D eigenvalue weighted by atomic mass is 35.5. The third-order valence-corrected chi connectivity index (χ3v) is 5.56. The van der Waals surface area contributed by atoms with E-state index in [9.17, 15) is 18.0 Å². The normalized spacial score (nSPS) is 16.1. The standard InChI is InChI=1S/C18H18ClF3N2OS/c19-16-5-4-15(26-16)12-23-6-8-24(9-7-23)17(25)11-13-2-1-3-14(10-13)18(20,21)22/h1-5,10H,6-9,11-12H2. The van der Waals surface area contributed by atoms with Gasteiger partial charge in [0.15, 0.2) is 0 Å². The van der Waals surface area contributed by atoms with Crippen molar-refractivity contribution >= 4 is 28.8 Å². The number of amides is 1. The van der Waals surface area contributed by atoms with Crippen LogP contribution in [-0.2, 0) is 23.9 Å². The number of carbonyl (C=O) groups is 1. The Bertz CT molecular complexity index is 770. The van der Waals surface area contributed by atoms with Crippen LogP contribution >= 0.6 is 22.9 Å². The molecule has 1 saturated heterocycles. The van der Waals surface area contributed by atoms with Gasteiger partial charge in [-0.25, -0.2) is 0 Å². The lowest BCUT2D eigenvalue weighted by molar-refractivity contribution is -0.138. The zero-order valence-electron chi connectivity index (χ0n) is 13.9. The number of hydrogen-bond acceptors (Lipinski definition) is 3. The van der Waals surface area contributed by atoms with E-state index in [1.807, 2.05) is 12.1 Å². The molecule has 3 rings (SSSR count). The Morgan fingerprint density at radius 1 is 1.12 bits per heavy atom. The van der Waals surface area contributed by atoms with E-state index < -0.39 is 11.7 Å². The quantitative estimate of drug-likeness (QED) is 0.761. The fourth-order valence-electron chi connectivity index (χ4n) is 2.96. The van der Waals surface area contributed by atoms with Crippen LogP contribution in [0.3, 0.4) is 0 Å². The van der Waals surface area contributed by atoms with E-state index in [2.05, 4.69) is 4.90 Å². The van der Waals surface area contributed by atoms with Crippen molar-refractivity contribution in [2.75, 3.05) is 26.2 Å². The number of carbonyl (C=O) groups excluding carboxylic acids is 1. The number of benzene rings is 1. The number of halogens is 4. The molecule has 0 atom stereocenters. The molecule has 140 valence electrons. The minimum atomic E-state index is -4.39. The number of piperazine rings is 1. The van der Waals surface area contributed by atoms with Gasteiger partial charge in [0.25, 0.3) is 0 Å². The van der Waals surface area contributed by atoms with Gasteiger partial charge in [-0.3, -0.25) is 9.69 Å². The molecule has 3 nitrogen and oxygen atoms in total. The van der Waals surface area contributed by atoms with E-state index in [1.165, 1.54) is 10.9 Å². The van der Waals surface area contributed by atoms with Gasteiger partial charge < -0.3 is 4.90 Å². The SMILES string of the molecule is O=C(Cc1cccc(C(F)(F)F)c1)N1CCN(Cc2ccc(Cl)s2)CC1. The number of hydrogen-bond donors (Lipinski definition) is 0. The van der Waals surface area contributed by atoms with Crippen LogP contribution in [0, 0.1) is 0 Å². The zero-order valence-corrected chi connectivity index (χ0v) is 15.5. The molecule has 8 heteroatoms. The summed E-state index contributed by atoms with van der Waals surface area (Å²) in [6.07, 6.45) is -4.40. The molecule has 0 radical (unpaired) electrons. The number of alkyl halides is 3. The van der Waals surface area contributed by atoms with E-state index in [1.54, 1.807) is 22.3 Å². The summed E-state index contributed by atoms with van der Waals surface area (Å²) in [5.41, 5.74) is -0.331. The van der Waals surface area contributed by atoms with Crippen LogP contribution in [0.2, 0.25) is 4.34 Å². The second kappa shape index (κ2) is 7.98. The van der Waals surface area contributed by atoms with E-state index in [0.717, 1.165) is 36.1 Å². The highest BCUT2D eigenvalue weighted by Crippen LogP contribution is 2.29. The molecular formula is C18H18ClF3N2OS. The second-order valence-corrected chi connectivity index (χ2v) is 8.04. The van der Waals surface area contributed by atoms with Crippen molar-refractivity contribution in [3.8, 4) is 0 Å². The first-order chi connectivity index (χ1) is 12.3. The second-order valence-electron chi connectivity index (χ2n) is 6.24. The summed E-state index contributed by atoms with van der Waals surface area (Å²) < 4.78 is 39.1. The molecule has 1 aromatic carbocycles. The number of rotatable bonds is 4. The average molecular weight is 403 g/mol. The average Bonchev–Trinajstić information content (AvgIpc) is 3.00. The Morgan fingerprint density at radius 3 is 2.46 bits per heavy atom. The lowest BCUT2D eigenvalue weighted by Crippen LogP contribution is -2.48. The van der Waals surface area contributed by atoms with Crippen LogP contribution in [0.5, 0.6) is 0 Å². The van der Waals surface area contributed by atoms with Crippen molar-refractivity contribution in [1.29, 1.82) is 0 Å². The molecule has 0 saturated carbocycles. The van der Waals surface area contributed by atoms with Crippen molar-refractivity contribution < 1.29 is 18.0 Å². The molecule has 1 fully saturated rings. The van der Waals surface area contributed by atoms with Crippen molar-refractivity contribution in [2.24, 2.45) is 0 Å². The molecule has 1 aromatic heterocycles. The third kappa shape index (κ3) is 4.99. The molecule has 1 amide bonds. The summed E-state index contributed by atoms with van der Waals surface area (Å²) in [7, 11) is 0. The van der Waals surface area contributed by atoms with Crippen molar-refractivity contribution in [2.45, 2.75) is 19.1 Å². The topological polar surface area (TPSA) is 23.6 Å². The summed E-state index contributed by atoms with van der Waals surface area (Å²) in [5.74, 6) is -0.136. The predicted molar refractivity (Wildman–Crippen MR) is 96.3 cm³/mol. The molecular weight excluding hydrogens is 385 g/mol. The van der Waals surface area contributed by atoms with Gasteiger partial charge in [-0.1, -0.05) is 29.8 Å². The van der Waals surface area contributed by atoms with Gasteiger partial charge in [-0.15, -0.1) is 11.3 Å². The van der Waals surface area contributed by atoms with Crippen LogP contribution in [0.25, 0.3) is 0 Å². The smallest absolute Gasteiger partial charge is 0.340 e. The maximum atomic E-state index is 12.8. The lowest BCUT2D eigenvalue weighted by Gasteiger charge is -2.34. The van der Waals surface area contributed by atoms with E-state index >= 15 is 0 Å². The van der Waals surface area contributed by atoms with Crippen LogP contribution in [-0.4, -0.2) is 41.9 Å². The van der Waals surface area contributed by atoms with Gasteiger partial charge in [0.2, 0.25) is 5.91 Å². The van der Waals surface area contributed by atoms with Crippen LogP contribution in [0.4, 0.5) is 13.2 Å².